The van der Waals surface area contributed by atoms with Gasteiger partial charge in [0.05, 0.1) is 23.4 Å². The molecule has 0 radical (unpaired) electrons. The van der Waals surface area contributed by atoms with Gasteiger partial charge in [0.25, 0.3) is 0 Å². The first kappa shape index (κ1) is 38.8. The predicted octanol–water partition coefficient (Wildman–Crippen LogP) is 19.0. The summed E-state index contributed by atoms with van der Waals surface area (Å²) < 4.78 is 43.4. The van der Waals surface area contributed by atoms with Gasteiger partial charge in [-0.1, -0.05) is 236 Å². The Morgan fingerprint density at radius 2 is 0.671 bits per heavy atom. The van der Waals surface area contributed by atoms with Crippen molar-refractivity contribution in [2.75, 3.05) is 9.80 Å². The Morgan fingerprint density at radius 1 is 0.263 bits per heavy atom. The van der Waals surface area contributed by atoms with E-state index >= 15 is 0 Å². The van der Waals surface area contributed by atoms with Gasteiger partial charge in [-0.2, -0.15) is 0 Å². The molecule has 15 rings (SSSR count). The van der Waals surface area contributed by atoms with Crippen LogP contribution >= 0.6 is 0 Å². The summed E-state index contributed by atoms with van der Waals surface area (Å²) in [6.07, 6.45) is 0. The van der Waals surface area contributed by atoms with E-state index in [2.05, 4.69) is 259 Å². The van der Waals surface area contributed by atoms with E-state index in [4.69, 9.17) is 6.85 Å². The molecule has 1 spiro atoms. The zero-order chi connectivity index (χ0) is 54.6. The monoisotopic (exact) mass is 971 g/mol. The molecule has 0 aromatic heterocycles. The molecule has 76 heavy (non-hydrogen) atoms. The van der Waals surface area contributed by atoms with Gasteiger partial charge in [0.15, 0.2) is 0 Å². The minimum absolute atomic E-state index is 0.164. The van der Waals surface area contributed by atoms with Crippen LogP contribution < -0.4 is 9.80 Å². The predicted molar refractivity (Wildman–Crippen MR) is 315 cm³/mol. The Balaban J connectivity index is 1.00. The van der Waals surface area contributed by atoms with Gasteiger partial charge in [-0.25, -0.2) is 0 Å². The van der Waals surface area contributed by atoms with Crippen LogP contribution in [0.15, 0.2) is 303 Å². The van der Waals surface area contributed by atoms with Gasteiger partial charge in [-0.3, -0.25) is 0 Å². The zero-order valence-electron chi connectivity index (χ0n) is 46.4. The van der Waals surface area contributed by atoms with Crippen LogP contribution in [-0.4, -0.2) is 0 Å². The van der Waals surface area contributed by atoms with Gasteiger partial charge < -0.3 is 9.80 Å². The smallest absolute Gasteiger partial charge is 0.0727 e. The molecule has 3 aliphatic carbocycles. The fourth-order valence-corrected chi connectivity index (χ4v) is 13.3. The Morgan fingerprint density at radius 3 is 1.21 bits per heavy atom. The fourth-order valence-electron chi connectivity index (χ4n) is 13.3. The molecule has 0 amide bonds. The van der Waals surface area contributed by atoms with Gasteiger partial charge in [-0.15, -0.1) is 0 Å². The van der Waals surface area contributed by atoms with Crippen LogP contribution in [0.1, 0.15) is 51.4 Å². The number of hydrogen-bond donors (Lipinski definition) is 0. The van der Waals surface area contributed by atoms with E-state index in [0.717, 1.165) is 56.4 Å². The molecule has 2 heteroatoms. The van der Waals surface area contributed by atoms with Gasteiger partial charge in [-0.05, 0) is 150 Å². The van der Waals surface area contributed by atoms with Crippen LogP contribution in [0.3, 0.4) is 0 Å². The second kappa shape index (κ2) is 17.4. The first-order valence-corrected chi connectivity index (χ1v) is 26.0. The number of fused-ring (bicyclic) bond motifs is 13. The minimum Gasteiger partial charge on any atom is -0.310 e. The fraction of sp³-hybridized carbons (Fsp3) is 0.0270. The SMILES string of the molecule is [2H]c1c([2H])c([2H])c(-c2ccc(N(c3ccc4c(c3)C3(c5ccccc5-c5ccc(N(c6ccccc6)c6ccccc6)cc53)c3ccccc3-4)c3cccc4c3-c3ccccc3C4(c3ccccc3)c3ccccc3)cc2)c([2H])c1[2H]. The van der Waals surface area contributed by atoms with Crippen molar-refractivity contribution in [1.29, 1.82) is 0 Å². The maximum absolute atomic E-state index is 8.96. The van der Waals surface area contributed by atoms with Crippen LogP contribution in [-0.2, 0) is 10.8 Å². The van der Waals surface area contributed by atoms with Crippen molar-refractivity contribution in [2.24, 2.45) is 0 Å². The van der Waals surface area contributed by atoms with Crippen molar-refractivity contribution in [3.05, 3.63) is 348 Å². The van der Waals surface area contributed by atoms with Crippen molar-refractivity contribution in [2.45, 2.75) is 10.8 Å². The van der Waals surface area contributed by atoms with Gasteiger partial charge in [0.2, 0.25) is 0 Å². The molecule has 3 aliphatic rings. The van der Waals surface area contributed by atoms with E-state index < -0.39 is 16.9 Å². The normalized spacial score (nSPS) is 15.7. The number of nitrogens with zero attached hydrogens (tertiary/aromatic N) is 2. The maximum atomic E-state index is 8.96. The largest absolute Gasteiger partial charge is 0.310 e. The standard InChI is InChI=1S/C74H50N2/c1-6-23-51(24-7-1)52-41-43-57(44-42-52)76(71-40-22-39-68-72(71)64-35-18-21-38-67(64)73(68,53-25-8-2-9-26-53)54-27-10-3-11-28-54)59-46-48-63-61-34-17-20-37-66(61)74(70(63)50-59)65-36-19-16-33-60(65)62-47-45-58(49-69(62)74)75(55-29-12-4-13-30-55)56-31-14-5-15-32-56/h1-50H/i1D,6D,7D,23D,24D. The van der Waals surface area contributed by atoms with Crippen LogP contribution in [0.25, 0.3) is 44.5 Å². The third-order valence-corrected chi connectivity index (χ3v) is 16.2. The quantitative estimate of drug-likeness (QED) is 0.142. The molecule has 1 unspecified atom stereocenters. The second-order valence-electron chi connectivity index (χ2n) is 19.9. The lowest BCUT2D eigenvalue weighted by atomic mass is 9.68. The molecule has 0 aliphatic heterocycles. The Labute approximate surface area is 451 Å². The summed E-state index contributed by atoms with van der Waals surface area (Å²) in [5, 5.41) is 0. The Hall–Kier alpha value is -9.76. The molecule has 0 saturated heterocycles. The van der Waals surface area contributed by atoms with Crippen molar-refractivity contribution >= 4 is 34.1 Å². The van der Waals surface area contributed by atoms with Crippen LogP contribution in [0.2, 0.25) is 0 Å². The molecular weight excluding hydrogens is 917 g/mol. The summed E-state index contributed by atoms with van der Waals surface area (Å²) in [4.78, 5) is 4.72. The molecule has 0 saturated carbocycles. The second-order valence-corrected chi connectivity index (χ2v) is 19.9. The summed E-state index contributed by atoms with van der Waals surface area (Å²) in [5.41, 5.74) is 21.8. The summed E-state index contributed by atoms with van der Waals surface area (Å²) in [5.74, 6) is 0. The number of hydrogen-bond acceptors (Lipinski definition) is 2. The lowest BCUT2D eigenvalue weighted by Crippen LogP contribution is -2.28. The van der Waals surface area contributed by atoms with Crippen molar-refractivity contribution in [3.63, 3.8) is 0 Å². The molecule has 0 heterocycles. The Kier molecular flexibility index (Phi) is 8.91. The van der Waals surface area contributed by atoms with E-state index in [-0.39, 0.29) is 29.7 Å². The van der Waals surface area contributed by atoms with Crippen molar-refractivity contribution < 1.29 is 6.85 Å². The first-order valence-electron chi connectivity index (χ1n) is 28.5. The summed E-state index contributed by atoms with van der Waals surface area (Å²) in [6, 6.07) is 96.6. The molecule has 1 atom stereocenters. The minimum atomic E-state index is -0.722. The van der Waals surface area contributed by atoms with E-state index in [9.17, 15) is 0 Å². The van der Waals surface area contributed by atoms with E-state index in [1.165, 1.54) is 55.6 Å². The highest BCUT2D eigenvalue weighted by atomic mass is 15.2. The third kappa shape index (κ3) is 6.34. The van der Waals surface area contributed by atoms with Crippen LogP contribution in [0.5, 0.6) is 0 Å². The number of benzene rings is 12. The van der Waals surface area contributed by atoms with Gasteiger partial charge >= 0.3 is 0 Å². The molecule has 0 fully saturated rings. The average Bonchev–Trinajstić information content (AvgIpc) is 1.88. The summed E-state index contributed by atoms with van der Waals surface area (Å²) in [7, 11) is 0. The van der Waals surface area contributed by atoms with Gasteiger partial charge in [0, 0.05) is 34.0 Å². The topological polar surface area (TPSA) is 6.48 Å². The van der Waals surface area contributed by atoms with Crippen molar-refractivity contribution in [1.82, 2.24) is 0 Å². The van der Waals surface area contributed by atoms with Crippen molar-refractivity contribution in [3.8, 4) is 44.5 Å². The maximum Gasteiger partial charge on any atom is 0.0727 e. The molecule has 0 N–H and O–H groups in total. The Bertz CT molecular complexity index is 4350. The van der Waals surface area contributed by atoms with Gasteiger partial charge in [0.1, 0.15) is 0 Å². The molecule has 12 aromatic carbocycles. The molecule has 356 valence electrons. The van der Waals surface area contributed by atoms with E-state index in [0.29, 0.717) is 5.56 Å². The third-order valence-electron chi connectivity index (χ3n) is 16.2. The highest BCUT2D eigenvalue weighted by Gasteiger charge is 2.53. The average molecular weight is 972 g/mol. The molecular formula is C74H50N2. The number of para-hydroxylation sites is 2. The van der Waals surface area contributed by atoms with E-state index in [1.54, 1.807) is 0 Å². The van der Waals surface area contributed by atoms with Crippen LogP contribution in [0, 0.1) is 0 Å². The molecule has 2 nitrogen and oxygen atoms in total. The molecule has 0 bridgehead atoms. The number of anilines is 6. The zero-order valence-corrected chi connectivity index (χ0v) is 41.4. The lowest BCUT2D eigenvalue weighted by Gasteiger charge is -2.35. The van der Waals surface area contributed by atoms with E-state index in [1.807, 2.05) is 24.3 Å². The summed E-state index contributed by atoms with van der Waals surface area (Å²) in [6.45, 7) is 0. The molecule has 12 aromatic rings. The highest BCUT2D eigenvalue weighted by Crippen LogP contribution is 2.65. The lowest BCUT2D eigenvalue weighted by molar-refractivity contribution is 0.768. The highest BCUT2D eigenvalue weighted by molar-refractivity contribution is 6.00. The van der Waals surface area contributed by atoms with Crippen LogP contribution in [0.4, 0.5) is 34.1 Å². The number of rotatable bonds is 9. The first-order chi connectivity index (χ1) is 39.8. The summed E-state index contributed by atoms with van der Waals surface area (Å²) >= 11 is 0.